The van der Waals surface area contributed by atoms with Gasteiger partial charge in [-0.2, -0.15) is 0 Å². The molecule has 1 heterocycles. The Morgan fingerprint density at radius 1 is 0.900 bits per heavy atom. The van der Waals surface area contributed by atoms with Crippen LogP contribution >= 0.6 is 0 Å². The number of nitrogens with zero attached hydrogens (tertiary/aromatic N) is 1. The maximum Gasteiger partial charge on any atom is 0.234 e. The van der Waals surface area contributed by atoms with Gasteiger partial charge in [0.25, 0.3) is 0 Å². The van der Waals surface area contributed by atoms with Crippen molar-refractivity contribution in [2.75, 3.05) is 19.6 Å². The van der Waals surface area contributed by atoms with Crippen molar-refractivity contribution in [2.24, 2.45) is 23.7 Å². The van der Waals surface area contributed by atoms with Crippen molar-refractivity contribution in [1.29, 1.82) is 0 Å². The number of likely N-dealkylation sites (tertiary alicyclic amines) is 1. The quantitative estimate of drug-likeness (QED) is 0.858. The van der Waals surface area contributed by atoms with Gasteiger partial charge < -0.3 is 5.32 Å². The Morgan fingerprint density at radius 3 is 2.10 bits per heavy atom. The van der Waals surface area contributed by atoms with E-state index in [1.807, 2.05) is 0 Å². The minimum atomic E-state index is 0.296. The molecular weight excluding hydrogens is 248 g/mol. The monoisotopic (exact) mass is 276 g/mol. The van der Waals surface area contributed by atoms with E-state index in [2.05, 4.69) is 10.2 Å². The molecule has 0 aromatic carbocycles. The van der Waals surface area contributed by atoms with E-state index in [9.17, 15) is 4.79 Å². The molecule has 0 atom stereocenters. The van der Waals surface area contributed by atoms with Crippen LogP contribution in [0.1, 0.15) is 51.4 Å². The van der Waals surface area contributed by atoms with Crippen LogP contribution in [0.4, 0.5) is 0 Å². The van der Waals surface area contributed by atoms with Crippen molar-refractivity contribution >= 4 is 5.91 Å². The molecule has 0 spiro atoms. The fourth-order valence-electron chi connectivity index (χ4n) is 5.71. The van der Waals surface area contributed by atoms with Crippen molar-refractivity contribution in [2.45, 2.75) is 57.4 Å². The van der Waals surface area contributed by atoms with Crippen LogP contribution in [0.15, 0.2) is 0 Å². The van der Waals surface area contributed by atoms with Gasteiger partial charge in [0.1, 0.15) is 0 Å². The van der Waals surface area contributed by atoms with Crippen LogP contribution in [-0.2, 0) is 4.79 Å². The standard InChI is InChI=1S/C17H28N2O/c20-16(11-19-4-2-1-3-5-19)18-17-14-7-12-6-13(9-14)10-15(17)8-12/h12-15,17H,1-11H2,(H,18,20). The van der Waals surface area contributed by atoms with Crippen LogP contribution in [0.5, 0.6) is 0 Å². The SMILES string of the molecule is O=C(CN1CCCCC1)NC1C2CC3CC(C2)CC1C3. The molecule has 5 fully saturated rings. The largest absolute Gasteiger partial charge is 0.352 e. The molecule has 0 aromatic heterocycles. The van der Waals surface area contributed by atoms with Crippen molar-refractivity contribution in [1.82, 2.24) is 10.2 Å². The highest BCUT2D eigenvalue weighted by atomic mass is 16.2. The molecule has 4 saturated carbocycles. The Morgan fingerprint density at radius 2 is 1.50 bits per heavy atom. The average Bonchev–Trinajstić information content (AvgIpc) is 2.43. The fraction of sp³-hybridized carbons (Fsp3) is 0.941. The molecule has 4 aliphatic carbocycles. The Balaban J connectivity index is 1.33. The summed E-state index contributed by atoms with van der Waals surface area (Å²) < 4.78 is 0. The summed E-state index contributed by atoms with van der Waals surface area (Å²) >= 11 is 0. The maximum atomic E-state index is 12.4. The van der Waals surface area contributed by atoms with E-state index in [-0.39, 0.29) is 0 Å². The highest BCUT2D eigenvalue weighted by molar-refractivity contribution is 5.78. The minimum absolute atomic E-state index is 0.296. The summed E-state index contributed by atoms with van der Waals surface area (Å²) in [5, 5.41) is 3.43. The van der Waals surface area contributed by atoms with E-state index >= 15 is 0 Å². The number of nitrogens with one attached hydrogen (secondary N) is 1. The molecule has 5 aliphatic rings. The van der Waals surface area contributed by atoms with Crippen LogP contribution in [0.3, 0.4) is 0 Å². The van der Waals surface area contributed by atoms with Crippen LogP contribution in [0.2, 0.25) is 0 Å². The summed E-state index contributed by atoms with van der Waals surface area (Å²) in [4.78, 5) is 14.7. The van der Waals surface area contributed by atoms with E-state index in [1.54, 1.807) is 0 Å². The Hall–Kier alpha value is -0.570. The molecule has 0 aromatic rings. The van der Waals surface area contributed by atoms with Crippen LogP contribution < -0.4 is 5.32 Å². The zero-order valence-corrected chi connectivity index (χ0v) is 12.5. The topological polar surface area (TPSA) is 32.3 Å². The van der Waals surface area contributed by atoms with Crippen LogP contribution in [-0.4, -0.2) is 36.5 Å². The molecule has 0 unspecified atom stereocenters. The Labute approximate surface area is 122 Å². The van der Waals surface area contributed by atoms with Gasteiger partial charge in [-0.05, 0) is 81.7 Å². The lowest BCUT2D eigenvalue weighted by Crippen LogP contribution is -2.57. The molecule has 0 radical (unpaired) electrons. The van der Waals surface area contributed by atoms with E-state index < -0.39 is 0 Å². The second-order valence-electron chi connectivity index (χ2n) is 7.86. The molecule has 4 bridgehead atoms. The van der Waals surface area contributed by atoms with E-state index in [0.717, 1.165) is 36.8 Å². The predicted octanol–water partition coefficient (Wildman–Crippen LogP) is 2.41. The third-order valence-corrected chi connectivity index (χ3v) is 6.37. The summed E-state index contributed by atoms with van der Waals surface area (Å²) in [6.07, 6.45) is 10.9. The highest BCUT2D eigenvalue weighted by Gasteiger charge is 2.48. The first-order chi connectivity index (χ1) is 9.78. The summed E-state index contributed by atoms with van der Waals surface area (Å²) in [6.45, 7) is 2.88. The zero-order chi connectivity index (χ0) is 13.5. The van der Waals surface area contributed by atoms with Crippen LogP contribution in [0, 0.1) is 23.7 Å². The Kier molecular flexibility index (Phi) is 3.49. The molecule has 112 valence electrons. The van der Waals surface area contributed by atoms with Gasteiger partial charge in [0, 0.05) is 6.04 Å². The maximum absolute atomic E-state index is 12.4. The van der Waals surface area contributed by atoms with Crippen molar-refractivity contribution in [3.63, 3.8) is 0 Å². The minimum Gasteiger partial charge on any atom is -0.352 e. The first-order valence-electron chi connectivity index (χ1n) is 8.79. The molecule has 3 heteroatoms. The second-order valence-corrected chi connectivity index (χ2v) is 7.86. The average molecular weight is 276 g/mol. The number of piperidine rings is 1. The van der Waals surface area contributed by atoms with Gasteiger partial charge >= 0.3 is 0 Å². The van der Waals surface area contributed by atoms with Gasteiger partial charge in [-0.15, -0.1) is 0 Å². The number of carbonyl (C=O) groups excluding carboxylic acids is 1. The molecule has 1 saturated heterocycles. The molecule has 1 aliphatic heterocycles. The van der Waals surface area contributed by atoms with Gasteiger partial charge in [-0.1, -0.05) is 6.42 Å². The molecule has 20 heavy (non-hydrogen) atoms. The van der Waals surface area contributed by atoms with Crippen molar-refractivity contribution in [3.05, 3.63) is 0 Å². The van der Waals surface area contributed by atoms with Gasteiger partial charge in [0.15, 0.2) is 0 Å². The van der Waals surface area contributed by atoms with Crippen molar-refractivity contribution < 1.29 is 4.79 Å². The predicted molar refractivity (Wildman–Crippen MR) is 79.3 cm³/mol. The van der Waals surface area contributed by atoms with Gasteiger partial charge in [0.2, 0.25) is 5.91 Å². The summed E-state index contributed by atoms with van der Waals surface area (Å²) in [5.74, 6) is 3.89. The molecule has 1 N–H and O–H groups in total. The third kappa shape index (κ3) is 2.49. The lowest BCUT2D eigenvalue weighted by molar-refractivity contribution is -0.126. The highest BCUT2D eigenvalue weighted by Crippen LogP contribution is 2.53. The number of rotatable bonds is 3. The summed E-state index contributed by atoms with van der Waals surface area (Å²) in [6, 6.07) is 0.514. The number of hydrogen-bond acceptors (Lipinski definition) is 2. The molecule has 3 nitrogen and oxygen atoms in total. The third-order valence-electron chi connectivity index (χ3n) is 6.37. The smallest absolute Gasteiger partial charge is 0.234 e. The number of hydrogen-bond donors (Lipinski definition) is 1. The number of carbonyl (C=O) groups is 1. The lowest BCUT2D eigenvalue weighted by Gasteiger charge is -2.54. The molecule has 1 amide bonds. The second kappa shape index (κ2) is 5.32. The van der Waals surface area contributed by atoms with E-state index in [4.69, 9.17) is 0 Å². The zero-order valence-electron chi connectivity index (χ0n) is 12.5. The molecular formula is C17H28N2O. The summed E-state index contributed by atoms with van der Waals surface area (Å²) in [5.41, 5.74) is 0. The molecule has 5 rings (SSSR count). The van der Waals surface area contributed by atoms with Gasteiger partial charge in [-0.25, -0.2) is 0 Å². The summed E-state index contributed by atoms with van der Waals surface area (Å²) in [7, 11) is 0. The Bertz CT molecular complexity index is 347. The van der Waals surface area contributed by atoms with E-state index in [0.29, 0.717) is 18.5 Å². The van der Waals surface area contributed by atoms with Crippen LogP contribution in [0.25, 0.3) is 0 Å². The fourth-order valence-corrected chi connectivity index (χ4v) is 5.71. The van der Waals surface area contributed by atoms with Gasteiger partial charge in [0.05, 0.1) is 6.54 Å². The lowest BCUT2D eigenvalue weighted by atomic mass is 9.54. The van der Waals surface area contributed by atoms with E-state index in [1.165, 1.54) is 51.4 Å². The normalized spacial score (nSPS) is 43.7. The first kappa shape index (κ1) is 13.1. The number of amides is 1. The van der Waals surface area contributed by atoms with Gasteiger partial charge in [-0.3, -0.25) is 9.69 Å². The first-order valence-corrected chi connectivity index (χ1v) is 8.79. The van der Waals surface area contributed by atoms with Crippen molar-refractivity contribution in [3.8, 4) is 0 Å².